The van der Waals surface area contributed by atoms with Gasteiger partial charge in [0.15, 0.2) is 6.10 Å². The van der Waals surface area contributed by atoms with Crippen molar-refractivity contribution in [2.24, 2.45) is 5.73 Å². The van der Waals surface area contributed by atoms with E-state index in [2.05, 4.69) is 38.2 Å². The first kappa shape index (κ1) is 74.5. The number of rotatable bonds is 64. The Bertz CT molecular complexity index is 1290. The zero-order chi connectivity index (χ0) is 55.2. The predicted molar refractivity (Wildman–Crippen MR) is 326 cm³/mol. The molecule has 0 heterocycles. The largest absolute Gasteiger partial charge is 0.472 e. The van der Waals surface area contributed by atoms with Gasteiger partial charge in [-0.25, -0.2) is 4.57 Å². The van der Waals surface area contributed by atoms with E-state index in [-0.39, 0.29) is 38.6 Å². The molecule has 0 rings (SSSR count). The number of hydrogen-bond donors (Lipinski definition) is 2. The van der Waals surface area contributed by atoms with Gasteiger partial charge in [-0.2, -0.15) is 0 Å². The molecule has 9 nitrogen and oxygen atoms in total. The van der Waals surface area contributed by atoms with Crippen molar-refractivity contribution in [1.29, 1.82) is 0 Å². The molecule has 0 saturated carbocycles. The molecule has 76 heavy (non-hydrogen) atoms. The van der Waals surface area contributed by atoms with Crippen molar-refractivity contribution in [2.75, 3.05) is 26.4 Å². The molecule has 0 aromatic heterocycles. The second kappa shape index (κ2) is 62.7. The normalized spacial score (nSPS) is 13.1. The fraction of sp³-hybridized carbons (Fsp3) is 0.909. The molecule has 0 radical (unpaired) electrons. The first-order chi connectivity index (χ1) is 37.3. The quantitative estimate of drug-likeness (QED) is 0.0264. The lowest BCUT2D eigenvalue weighted by Crippen LogP contribution is -2.29. The lowest BCUT2D eigenvalue weighted by atomic mass is 10.0. The topological polar surface area (TPSA) is 134 Å². The molecular formula is C66H128NO8P. The van der Waals surface area contributed by atoms with Gasteiger partial charge in [-0.05, 0) is 38.5 Å². The van der Waals surface area contributed by atoms with Crippen LogP contribution in [0.2, 0.25) is 0 Å². The molecule has 2 unspecified atom stereocenters. The molecule has 10 heteroatoms. The summed E-state index contributed by atoms with van der Waals surface area (Å²) in [5.74, 6) is -0.829. The van der Waals surface area contributed by atoms with Crippen molar-refractivity contribution < 1.29 is 37.6 Å². The van der Waals surface area contributed by atoms with E-state index in [1.807, 2.05) is 0 Å². The van der Waals surface area contributed by atoms with Gasteiger partial charge in [0, 0.05) is 19.4 Å². The summed E-state index contributed by atoms with van der Waals surface area (Å²) in [7, 11) is -4.39. The van der Waals surface area contributed by atoms with E-state index >= 15 is 0 Å². The maximum atomic E-state index is 12.6. The summed E-state index contributed by atoms with van der Waals surface area (Å²) in [5, 5.41) is 0. The van der Waals surface area contributed by atoms with Crippen LogP contribution >= 0.6 is 7.82 Å². The number of carbonyl (C=O) groups excluding carboxylic acids is 2. The van der Waals surface area contributed by atoms with E-state index in [1.54, 1.807) is 0 Å². The van der Waals surface area contributed by atoms with Gasteiger partial charge in [0.2, 0.25) is 0 Å². The summed E-state index contributed by atoms with van der Waals surface area (Å²) in [5.41, 5.74) is 5.38. The third-order valence-corrected chi connectivity index (χ3v) is 16.1. The van der Waals surface area contributed by atoms with Crippen LogP contribution < -0.4 is 5.73 Å². The minimum atomic E-state index is -4.39. The number of phosphoric acid groups is 1. The molecule has 2 atom stereocenters. The first-order valence-electron chi connectivity index (χ1n) is 33.3. The van der Waals surface area contributed by atoms with Gasteiger partial charge in [0.1, 0.15) is 6.61 Å². The van der Waals surface area contributed by atoms with Crippen molar-refractivity contribution in [3.8, 4) is 0 Å². The highest BCUT2D eigenvalue weighted by Gasteiger charge is 2.26. The molecule has 0 amide bonds. The van der Waals surface area contributed by atoms with Gasteiger partial charge in [0.25, 0.3) is 0 Å². The van der Waals surface area contributed by atoms with Crippen LogP contribution in [0.1, 0.15) is 354 Å². The van der Waals surface area contributed by atoms with Crippen LogP contribution in [0.4, 0.5) is 0 Å². The summed E-state index contributed by atoms with van der Waals surface area (Å²) < 4.78 is 33.0. The Kier molecular flexibility index (Phi) is 61.4. The molecular weight excluding hydrogens is 966 g/mol. The Morgan fingerprint density at radius 2 is 0.697 bits per heavy atom. The molecule has 0 spiro atoms. The standard InChI is InChI=1S/C66H128NO8P/c1-3-5-7-9-11-13-15-17-19-20-21-22-23-24-25-26-27-28-29-30-31-32-33-34-35-36-37-38-39-40-41-42-43-44-45-47-48-50-52-54-56-58-65(68)72-62-64(63-74-76(70,71)73-61-60-67)75-66(69)59-57-55-53-51-49-46-18-16-14-12-10-8-6-4-2/h10,12,16,18,64H,3-9,11,13-15,17,19-63,67H2,1-2H3,(H,70,71)/b12-10-,18-16-. The molecule has 450 valence electrons. The first-order valence-corrected chi connectivity index (χ1v) is 34.8. The number of nitrogens with two attached hydrogens (primary N) is 1. The Morgan fingerprint density at radius 3 is 1.04 bits per heavy atom. The van der Waals surface area contributed by atoms with E-state index in [1.165, 1.54) is 257 Å². The number of unbranched alkanes of at least 4 members (excludes halogenated alkanes) is 47. The number of ether oxygens (including phenoxy) is 2. The van der Waals surface area contributed by atoms with Crippen molar-refractivity contribution in [2.45, 2.75) is 360 Å². The van der Waals surface area contributed by atoms with E-state index in [0.29, 0.717) is 6.42 Å². The Balaban J connectivity index is 3.66. The van der Waals surface area contributed by atoms with Crippen molar-refractivity contribution in [1.82, 2.24) is 0 Å². The lowest BCUT2D eigenvalue weighted by molar-refractivity contribution is -0.161. The number of hydrogen-bond acceptors (Lipinski definition) is 8. The van der Waals surface area contributed by atoms with E-state index in [4.69, 9.17) is 24.3 Å². The number of esters is 2. The van der Waals surface area contributed by atoms with Crippen LogP contribution in [-0.4, -0.2) is 49.3 Å². The van der Waals surface area contributed by atoms with Crippen LogP contribution in [-0.2, 0) is 32.7 Å². The van der Waals surface area contributed by atoms with Crippen LogP contribution in [0.5, 0.6) is 0 Å². The summed E-state index contributed by atoms with van der Waals surface area (Å²) in [4.78, 5) is 35.1. The van der Waals surface area contributed by atoms with Gasteiger partial charge in [-0.15, -0.1) is 0 Å². The van der Waals surface area contributed by atoms with Gasteiger partial charge in [0.05, 0.1) is 13.2 Å². The van der Waals surface area contributed by atoms with Crippen molar-refractivity contribution in [3.63, 3.8) is 0 Å². The summed E-state index contributed by atoms with van der Waals surface area (Å²) in [6.45, 7) is 3.74. The van der Waals surface area contributed by atoms with Crippen LogP contribution in [0, 0.1) is 0 Å². The predicted octanol–water partition coefficient (Wildman–Crippen LogP) is 21.4. The van der Waals surface area contributed by atoms with Gasteiger partial charge >= 0.3 is 19.8 Å². The van der Waals surface area contributed by atoms with Crippen LogP contribution in [0.15, 0.2) is 24.3 Å². The Labute approximate surface area is 472 Å². The highest BCUT2D eigenvalue weighted by molar-refractivity contribution is 7.47. The fourth-order valence-corrected chi connectivity index (χ4v) is 10.9. The number of carbonyl (C=O) groups is 2. The monoisotopic (exact) mass is 1090 g/mol. The molecule has 0 aromatic carbocycles. The Hall–Kier alpha value is -1.51. The summed E-state index contributed by atoms with van der Waals surface area (Å²) >= 11 is 0. The second-order valence-corrected chi connectivity index (χ2v) is 24.2. The Morgan fingerprint density at radius 1 is 0.395 bits per heavy atom. The smallest absolute Gasteiger partial charge is 0.462 e. The van der Waals surface area contributed by atoms with Crippen molar-refractivity contribution in [3.05, 3.63) is 24.3 Å². The van der Waals surface area contributed by atoms with Gasteiger partial charge in [-0.1, -0.05) is 327 Å². The zero-order valence-electron chi connectivity index (χ0n) is 50.5. The molecule has 3 N–H and O–H groups in total. The highest BCUT2D eigenvalue weighted by Crippen LogP contribution is 2.43. The average molecular weight is 1090 g/mol. The van der Waals surface area contributed by atoms with Crippen LogP contribution in [0.3, 0.4) is 0 Å². The summed E-state index contributed by atoms with van der Waals surface area (Å²) in [6.07, 6.45) is 76.0. The zero-order valence-corrected chi connectivity index (χ0v) is 51.4. The van der Waals surface area contributed by atoms with Crippen LogP contribution in [0.25, 0.3) is 0 Å². The molecule has 0 fully saturated rings. The van der Waals surface area contributed by atoms with E-state index in [0.717, 1.165) is 64.2 Å². The van der Waals surface area contributed by atoms with Gasteiger partial charge < -0.3 is 20.1 Å². The average Bonchev–Trinajstić information content (AvgIpc) is 3.41. The SMILES string of the molecule is CCCC/C=C\C/C=C\CCCCCCCC(=O)OC(COC(=O)CCCCCCCCCCCCCCCCCCCCCCCCCCCCCCCCCCCCCCCCCCC)COP(=O)(O)OCCN. The molecule has 0 aliphatic rings. The van der Waals surface area contributed by atoms with Gasteiger partial charge in [-0.3, -0.25) is 18.6 Å². The molecule has 0 aliphatic heterocycles. The van der Waals surface area contributed by atoms with Crippen molar-refractivity contribution >= 4 is 19.8 Å². The molecule has 0 aliphatic carbocycles. The molecule has 0 bridgehead atoms. The van der Waals surface area contributed by atoms with E-state index < -0.39 is 26.5 Å². The lowest BCUT2D eigenvalue weighted by Gasteiger charge is -2.19. The molecule has 0 saturated heterocycles. The number of allylic oxidation sites excluding steroid dienone is 4. The molecule has 0 aromatic rings. The number of phosphoric ester groups is 1. The summed E-state index contributed by atoms with van der Waals surface area (Å²) in [6, 6.07) is 0. The maximum absolute atomic E-state index is 12.6. The van der Waals surface area contributed by atoms with E-state index in [9.17, 15) is 19.0 Å². The third-order valence-electron chi connectivity index (χ3n) is 15.1. The fourth-order valence-electron chi connectivity index (χ4n) is 10.1. The minimum absolute atomic E-state index is 0.0528. The second-order valence-electron chi connectivity index (χ2n) is 22.7. The maximum Gasteiger partial charge on any atom is 0.472 e. The minimum Gasteiger partial charge on any atom is -0.462 e. The highest BCUT2D eigenvalue weighted by atomic mass is 31.2. The third kappa shape index (κ3) is 61.7.